The van der Waals surface area contributed by atoms with Crippen molar-refractivity contribution in [2.75, 3.05) is 17.7 Å². The van der Waals surface area contributed by atoms with Crippen molar-refractivity contribution < 1.29 is 9.90 Å². The van der Waals surface area contributed by atoms with Gasteiger partial charge >= 0.3 is 0 Å². The third-order valence-electron chi connectivity index (χ3n) is 5.24. The first kappa shape index (κ1) is 22.8. The Bertz CT molecular complexity index is 1360. The van der Waals surface area contributed by atoms with Gasteiger partial charge in [-0.05, 0) is 44.0 Å². The predicted octanol–water partition coefficient (Wildman–Crippen LogP) is 2.54. The second-order valence-corrected chi connectivity index (χ2v) is 8.17. The largest absolute Gasteiger partial charge is 0.384 e. The summed E-state index contributed by atoms with van der Waals surface area (Å²) in [7, 11) is 1.77. The minimum absolute atomic E-state index is 0.269. The number of nitrogens with zero attached hydrogens (tertiary/aromatic N) is 6. The highest BCUT2D eigenvalue weighted by atomic mass is 16.3. The molecule has 4 aromatic rings. The van der Waals surface area contributed by atoms with Crippen LogP contribution in [-0.2, 0) is 5.60 Å². The number of carbonyl (C=O) groups is 1. The van der Waals surface area contributed by atoms with E-state index in [0.29, 0.717) is 34.4 Å². The molecule has 0 aliphatic rings. The van der Waals surface area contributed by atoms with Crippen LogP contribution < -0.4 is 16.4 Å². The van der Waals surface area contributed by atoms with E-state index >= 15 is 0 Å². The SMILES string of the molecule is CNc1cc(-n2ncnc2Nc2cc(-c3c(C(N)=O)ccnc3C(C)(C)O)ccc2C)ncn1. The molecule has 1 aromatic carbocycles. The first-order chi connectivity index (χ1) is 16.2. The molecule has 0 aliphatic carbocycles. The monoisotopic (exact) mass is 459 g/mol. The van der Waals surface area contributed by atoms with E-state index in [2.05, 4.69) is 35.7 Å². The zero-order valence-corrected chi connectivity index (χ0v) is 19.2. The van der Waals surface area contributed by atoms with E-state index in [-0.39, 0.29) is 5.56 Å². The van der Waals surface area contributed by atoms with E-state index in [1.54, 1.807) is 37.7 Å². The number of amides is 1. The third kappa shape index (κ3) is 4.41. The fraction of sp³-hybridized carbons (Fsp3) is 0.217. The number of aromatic nitrogens is 6. The Kier molecular flexibility index (Phi) is 5.95. The summed E-state index contributed by atoms with van der Waals surface area (Å²) in [5.41, 5.74) is 7.75. The highest BCUT2D eigenvalue weighted by Gasteiger charge is 2.26. The van der Waals surface area contributed by atoms with Crippen molar-refractivity contribution in [1.82, 2.24) is 29.7 Å². The smallest absolute Gasteiger partial charge is 0.249 e. The summed E-state index contributed by atoms with van der Waals surface area (Å²) in [6.07, 6.45) is 4.32. The number of aryl methyl sites for hydroxylation is 1. The molecule has 0 saturated heterocycles. The highest BCUT2D eigenvalue weighted by Crippen LogP contribution is 2.35. The van der Waals surface area contributed by atoms with Gasteiger partial charge in [-0.15, -0.1) is 0 Å². The molecule has 0 fully saturated rings. The van der Waals surface area contributed by atoms with E-state index in [9.17, 15) is 9.90 Å². The highest BCUT2D eigenvalue weighted by molar-refractivity contribution is 6.00. The number of rotatable bonds is 7. The first-order valence-corrected chi connectivity index (χ1v) is 10.5. The molecule has 34 heavy (non-hydrogen) atoms. The van der Waals surface area contributed by atoms with Crippen molar-refractivity contribution in [3.63, 3.8) is 0 Å². The summed E-state index contributed by atoms with van der Waals surface area (Å²) < 4.78 is 1.55. The number of carbonyl (C=O) groups excluding carboxylic acids is 1. The molecule has 1 amide bonds. The number of primary amides is 1. The van der Waals surface area contributed by atoms with E-state index in [1.807, 2.05) is 25.1 Å². The Morgan fingerprint density at radius 3 is 2.59 bits per heavy atom. The van der Waals surface area contributed by atoms with Crippen LogP contribution in [0.4, 0.5) is 17.5 Å². The van der Waals surface area contributed by atoms with Crippen molar-refractivity contribution in [2.24, 2.45) is 5.73 Å². The fourth-order valence-corrected chi connectivity index (χ4v) is 3.55. The van der Waals surface area contributed by atoms with Crippen LogP contribution in [0.15, 0.2) is 49.2 Å². The Labute approximate surface area is 196 Å². The number of nitrogens with one attached hydrogen (secondary N) is 2. The van der Waals surface area contributed by atoms with Crippen molar-refractivity contribution in [3.05, 3.63) is 66.0 Å². The second kappa shape index (κ2) is 8.87. The van der Waals surface area contributed by atoms with Gasteiger partial charge in [-0.2, -0.15) is 14.8 Å². The van der Waals surface area contributed by atoms with Gasteiger partial charge < -0.3 is 21.5 Å². The summed E-state index contributed by atoms with van der Waals surface area (Å²) in [6, 6.07) is 8.90. The maximum atomic E-state index is 12.2. The second-order valence-electron chi connectivity index (χ2n) is 8.17. The quantitative estimate of drug-likeness (QED) is 0.326. The molecular weight excluding hydrogens is 434 g/mol. The molecule has 0 saturated carbocycles. The van der Waals surface area contributed by atoms with Crippen molar-refractivity contribution in [3.8, 4) is 16.9 Å². The molecule has 11 nitrogen and oxygen atoms in total. The average molecular weight is 460 g/mol. The van der Waals surface area contributed by atoms with Crippen LogP contribution in [0, 0.1) is 6.92 Å². The van der Waals surface area contributed by atoms with Gasteiger partial charge in [-0.1, -0.05) is 12.1 Å². The van der Waals surface area contributed by atoms with Crippen LogP contribution in [0.1, 0.15) is 35.5 Å². The number of aliphatic hydroxyl groups is 1. The molecule has 174 valence electrons. The number of benzene rings is 1. The number of pyridine rings is 1. The minimum Gasteiger partial charge on any atom is -0.384 e. The molecular formula is C23H25N9O2. The lowest BCUT2D eigenvalue weighted by Gasteiger charge is -2.22. The Morgan fingerprint density at radius 2 is 1.88 bits per heavy atom. The zero-order chi connectivity index (χ0) is 24.5. The Balaban J connectivity index is 1.80. The molecule has 11 heteroatoms. The molecule has 0 unspecified atom stereocenters. The average Bonchev–Trinajstić information content (AvgIpc) is 3.27. The lowest BCUT2D eigenvalue weighted by atomic mass is 9.90. The Morgan fingerprint density at radius 1 is 1.09 bits per heavy atom. The van der Waals surface area contributed by atoms with E-state index in [0.717, 1.165) is 11.3 Å². The van der Waals surface area contributed by atoms with Crippen LogP contribution in [0.5, 0.6) is 0 Å². The van der Waals surface area contributed by atoms with Crippen molar-refractivity contribution >= 4 is 23.4 Å². The molecule has 3 heterocycles. The van der Waals surface area contributed by atoms with Gasteiger partial charge in [0.05, 0.1) is 11.3 Å². The van der Waals surface area contributed by atoms with Gasteiger partial charge in [0.15, 0.2) is 5.82 Å². The van der Waals surface area contributed by atoms with Crippen LogP contribution in [0.2, 0.25) is 0 Å². The van der Waals surface area contributed by atoms with Gasteiger partial charge in [0.1, 0.15) is 24.1 Å². The first-order valence-electron chi connectivity index (χ1n) is 10.5. The maximum Gasteiger partial charge on any atom is 0.249 e. The van der Waals surface area contributed by atoms with Crippen LogP contribution >= 0.6 is 0 Å². The number of anilines is 3. The number of hydrogen-bond acceptors (Lipinski definition) is 9. The van der Waals surface area contributed by atoms with Crippen LogP contribution in [-0.4, -0.2) is 47.8 Å². The van der Waals surface area contributed by atoms with E-state index in [4.69, 9.17) is 5.73 Å². The summed E-state index contributed by atoms with van der Waals surface area (Å²) in [4.78, 5) is 29.3. The molecule has 4 rings (SSSR count). The summed E-state index contributed by atoms with van der Waals surface area (Å²) >= 11 is 0. The summed E-state index contributed by atoms with van der Waals surface area (Å²) in [5.74, 6) is 0.993. The summed E-state index contributed by atoms with van der Waals surface area (Å²) in [5, 5.41) is 21.2. The van der Waals surface area contributed by atoms with E-state index < -0.39 is 11.5 Å². The van der Waals surface area contributed by atoms with Crippen molar-refractivity contribution in [2.45, 2.75) is 26.4 Å². The van der Waals surface area contributed by atoms with Crippen LogP contribution in [0.3, 0.4) is 0 Å². The molecule has 0 spiro atoms. The van der Waals surface area contributed by atoms with Gasteiger partial charge in [0, 0.05) is 30.6 Å². The molecule has 0 atom stereocenters. The van der Waals surface area contributed by atoms with Gasteiger partial charge in [0.25, 0.3) is 0 Å². The third-order valence-corrected chi connectivity index (χ3v) is 5.24. The Hall–Kier alpha value is -4.38. The lowest BCUT2D eigenvalue weighted by Crippen LogP contribution is -2.22. The van der Waals surface area contributed by atoms with Gasteiger partial charge in [0.2, 0.25) is 11.9 Å². The lowest BCUT2D eigenvalue weighted by molar-refractivity contribution is 0.0744. The predicted molar refractivity (Wildman–Crippen MR) is 128 cm³/mol. The minimum atomic E-state index is -1.29. The summed E-state index contributed by atoms with van der Waals surface area (Å²) in [6.45, 7) is 5.16. The molecule has 0 radical (unpaired) electrons. The molecule has 5 N–H and O–H groups in total. The van der Waals surface area contributed by atoms with Gasteiger partial charge in [-0.3, -0.25) is 9.78 Å². The van der Waals surface area contributed by atoms with Crippen LogP contribution in [0.25, 0.3) is 16.9 Å². The standard InChI is InChI=1S/C23H25N9O2/c1-13-5-6-14(19-15(21(24)33)7-8-26-20(19)23(2,3)34)9-16(13)31-22-29-12-30-32(22)18-10-17(25-4)27-11-28-18/h5-12,34H,1-4H3,(H2,24,33)(H,25,27,28)(H,29,30,31). The molecule has 0 bridgehead atoms. The fourth-order valence-electron chi connectivity index (χ4n) is 3.55. The topological polar surface area (TPSA) is 157 Å². The number of nitrogens with two attached hydrogens (primary N) is 1. The van der Waals surface area contributed by atoms with E-state index in [1.165, 1.54) is 18.9 Å². The molecule has 0 aliphatic heterocycles. The molecule has 3 aromatic heterocycles. The van der Waals surface area contributed by atoms with Gasteiger partial charge in [-0.25, -0.2) is 9.97 Å². The van der Waals surface area contributed by atoms with Crippen molar-refractivity contribution in [1.29, 1.82) is 0 Å². The maximum absolute atomic E-state index is 12.2. The number of hydrogen-bond donors (Lipinski definition) is 4. The zero-order valence-electron chi connectivity index (χ0n) is 19.2. The normalized spacial score (nSPS) is 11.3.